The Morgan fingerprint density at radius 1 is 0.900 bits per heavy atom. The Morgan fingerprint density at radius 3 is 2.60 bits per heavy atom. The second kappa shape index (κ2) is 3.94. The normalized spacial score (nSPS) is 11.4. The van der Waals surface area contributed by atoms with Crippen molar-refractivity contribution in [2.24, 2.45) is 0 Å². The monoisotopic (exact) mass is 260 g/mol. The van der Waals surface area contributed by atoms with Crippen LogP contribution in [0.15, 0.2) is 59.0 Å². The minimum Gasteiger partial charge on any atom is -0.455 e. The van der Waals surface area contributed by atoms with Gasteiger partial charge in [0.05, 0.1) is 0 Å². The van der Waals surface area contributed by atoms with E-state index >= 15 is 0 Å². The second-order valence-electron chi connectivity index (χ2n) is 5.03. The van der Waals surface area contributed by atoms with E-state index in [1.165, 1.54) is 0 Å². The summed E-state index contributed by atoms with van der Waals surface area (Å²) >= 11 is 0. The predicted molar refractivity (Wildman–Crippen MR) is 81.2 cm³/mol. The number of furan rings is 1. The Labute approximate surface area is 115 Å². The van der Waals surface area contributed by atoms with Gasteiger partial charge in [0.15, 0.2) is 5.78 Å². The molecule has 96 valence electrons. The number of ketones is 1. The van der Waals surface area contributed by atoms with Gasteiger partial charge in [0.2, 0.25) is 0 Å². The molecule has 2 heteroatoms. The molecule has 0 radical (unpaired) electrons. The van der Waals surface area contributed by atoms with Crippen molar-refractivity contribution in [1.82, 2.24) is 0 Å². The van der Waals surface area contributed by atoms with E-state index in [1.54, 1.807) is 6.92 Å². The number of hydrogen-bond acceptors (Lipinski definition) is 2. The first kappa shape index (κ1) is 11.2. The molecular weight excluding hydrogens is 248 g/mol. The fourth-order valence-electron chi connectivity index (χ4n) is 2.72. The number of benzene rings is 3. The molecule has 0 aliphatic rings. The average molecular weight is 260 g/mol. The van der Waals surface area contributed by atoms with Crippen molar-refractivity contribution in [3.05, 3.63) is 60.2 Å². The van der Waals surface area contributed by atoms with Gasteiger partial charge in [-0.3, -0.25) is 4.79 Å². The summed E-state index contributed by atoms with van der Waals surface area (Å²) in [6, 6.07) is 17.9. The summed E-state index contributed by atoms with van der Waals surface area (Å²) in [6.07, 6.45) is 0. The lowest BCUT2D eigenvalue weighted by Gasteiger charge is -1.97. The lowest BCUT2D eigenvalue weighted by atomic mass is 10.0. The summed E-state index contributed by atoms with van der Waals surface area (Å²) in [7, 11) is 0. The lowest BCUT2D eigenvalue weighted by Crippen LogP contribution is -1.89. The third kappa shape index (κ3) is 1.48. The third-order valence-corrected chi connectivity index (χ3v) is 3.77. The van der Waals surface area contributed by atoms with Crippen LogP contribution in [0.5, 0.6) is 0 Å². The van der Waals surface area contributed by atoms with Crippen LogP contribution in [0.4, 0.5) is 0 Å². The van der Waals surface area contributed by atoms with Crippen LogP contribution < -0.4 is 0 Å². The highest BCUT2D eigenvalue weighted by molar-refractivity contribution is 6.16. The molecule has 0 bridgehead atoms. The van der Waals surface area contributed by atoms with E-state index in [2.05, 4.69) is 24.3 Å². The average Bonchev–Trinajstić information content (AvgIpc) is 2.85. The van der Waals surface area contributed by atoms with Crippen LogP contribution >= 0.6 is 0 Å². The maximum Gasteiger partial charge on any atom is 0.159 e. The summed E-state index contributed by atoms with van der Waals surface area (Å²) < 4.78 is 5.99. The van der Waals surface area contributed by atoms with Crippen molar-refractivity contribution in [2.45, 2.75) is 6.92 Å². The first-order chi connectivity index (χ1) is 9.74. The second-order valence-corrected chi connectivity index (χ2v) is 5.03. The number of rotatable bonds is 1. The molecule has 1 aromatic heterocycles. The largest absolute Gasteiger partial charge is 0.455 e. The van der Waals surface area contributed by atoms with E-state index in [1.807, 2.05) is 30.3 Å². The van der Waals surface area contributed by atoms with E-state index in [-0.39, 0.29) is 5.78 Å². The van der Waals surface area contributed by atoms with Crippen LogP contribution in [0.25, 0.3) is 32.7 Å². The van der Waals surface area contributed by atoms with Gasteiger partial charge >= 0.3 is 0 Å². The molecule has 0 aliphatic heterocycles. The smallest absolute Gasteiger partial charge is 0.159 e. The summed E-state index contributed by atoms with van der Waals surface area (Å²) in [6.45, 7) is 1.58. The molecule has 0 unspecified atom stereocenters. The van der Waals surface area contributed by atoms with E-state index in [0.29, 0.717) is 5.56 Å². The molecule has 2 nitrogen and oxygen atoms in total. The number of fused-ring (bicyclic) bond motifs is 5. The summed E-state index contributed by atoms with van der Waals surface area (Å²) in [5, 5.41) is 4.32. The topological polar surface area (TPSA) is 30.2 Å². The lowest BCUT2D eigenvalue weighted by molar-refractivity contribution is 0.101. The Bertz CT molecular complexity index is 977. The molecule has 4 rings (SSSR count). The van der Waals surface area contributed by atoms with Gasteiger partial charge in [0.1, 0.15) is 11.2 Å². The van der Waals surface area contributed by atoms with Crippen molar-refractivity contribution < 1.29 is 9.21 Å². The fraction of sp³-hybridized carbons (Fsp3) is 0.0556. The van der Waals surface area contributed by atoms with E-state index in [4.69, 9.17) is 4.42 Å². The van der Waals surface area contributed by atoms with Crippen LogP contribution in [0, 0.1) is 0 Å². The Balaban J connectivity index is 2.19. The molecule has 0 atom stereocenters. The molecule has 0 aliphatic carbocycles. The third-order valence-electron chi connectivity index (χ3n) is 3.77. The number of carbonyl (C=O) groups excluding carboxylic acids is 1. The molecule has 0 saturated heterocycles. The highest BCUT2D eigenvalue weighted by Crippen LogP contribution is 2.34. The first-order valence-electron chi connectivity index (χ1n) is 6.59. The Kier molecular flexibility index (Phi) is 2.21. The zero-order chi connectivity index (χ0) is 13.7. The van der Waals surface area contributed by atoms with Gasteiger partial charge in [-0.2, -0.15) is 0 Å². The highest BCUT2D eigenvalue weighted by atomic mass is 16.3. The molecule has 1 heterocycles. The zero-order valence-electron chi connectivity index (χ0n) is 11.0. The number of carbonyl (C=O) groups is 1. The minimum absolute atomic E-state index is 0.0713. The van der Waals surface area contributed by atoms with Gasteiger partial charge < -0.3 is 4.42 Å². The quantitative estimate of drug-likeness (QED) is 0.454. The zero-order valence-corrected chi connectivity index (χ0v) is 11.0. The molecule has 0 fully saturated rings. The maximum atomic E-state index is 11.5. The first-order valence-corrected chi connectivity index (χ1v) is 6.59. The molecule has 3 aromatic carbocycles. The van der Waals surface area contributed by atoms with E-state index < -0.39 is 0 Å². The van der Waals surface area contributed by atoms with Crippen LogP contribution in [0.2, 0.25) is 0 Å². The van der Waals surface area contributed by atoms with Crippen molar-refractivity contribution in [3.63, 3.8) is 0 Å². The highest BCUT2D eigenvalue weighted by Gasteiger charge is 2.11. The number of Topliss-reactive ketones (excluding diaryl/α,β-unsaturated/α-hetero) is 1. The SMILES string of the molecule is CC(=O)c1ccc2oc3c4ccccc4ccc3c2c1. The number of hydrogen-bond donors (Lipinski definition) is 0. The Morgan fingerprint density at radius 2 is 1.75 bits per heavy atom. The van der Waals surface area contributed by atoms with E-state index in [9.17, 15) is 4.79 Å². The fourth-order valence-corrected chi connectivity index (χ4v) is 2.72. The maximum absolute atomic E-state index is 11.5. The summed E-state index contributed by atoms with van der Waals surface area (Å²) in [4.78, 5) is 11.5. The van der Waals surface area contributed by atoms with E-state index in [0.717, 1.165) is 32.7 Å². The van der Waals surface area contributed by atoms with Gasteiger partial charge in [0.25, 0.3) is 0 Å². The van der Waals surface area contributed by atoms with Crippen molar-refractivity contribution in [3.8, 4) is 0 Å². The summed E-state index contributed by atoms with van der Waals surface area (Å²) in [5.74, 6) is 0.0713. The van der Waals surface area contributed by atoms with Gasteiger partial charge in [0, 0.05) is 21.7 Å². The van der Waals surface area contributed by atoms with Crippen LogP contribution in [0.3, 0.4) is 0 Å². The molecule has 0 saturated carbocycles. The molecule has 20 heavy (non-hydrogen) atoms. The minimum atomic E-state index is 0.0713. The Hall–Kier alpha value is -2.61. The predicted octanol–water partition coefficient (Wildman–Crippen LogP) is 4.94. The van der Waals surface area contributed by atoms with Crippen molar-refractivity contribution in [1.29, 1.82) is 0 Å². The standard InChI is InChI=1S/C18H12O2/c1-11(19)13-7-9-17-16(10-13)15-8-6-12-4-2-3-5-14(12)18(15)20-17/h2-10H,1H3. The molecular formula is C18H12O2. The molecule has 0 N–H and O–H groups in total. The molecule has 0 spiro atoms. The van der Waals surface area contributed by atoms with Gasteiger partial charge in [-0.25, -0.2) is 0 Å². The van der Waals surface area contributed by atoms with Crippen molar-refractivity contribution in [2.75, 3.05) is 0 Å². The van der Waals surface area contributed by atoms with Crippen LogP contribution in [0.1, 0.15) is 17.3 Å². The van der Waals surface area contributed by atoms with Crippen LogP contribution in [-0.4, -0.2) is 5.78 Å². The van der Waals surface area contributed by atoms with Gasteiger partial charge in [-0.05, 0) is 36.6 Å². The van der Waals surface area contributed by atoms with Crippen molar-refractivity contribution >= 4 is 38.5 Å². The summed E-state index contributed by atoms with van der Waals surface area (Å²) in [5.41, 5.74) is 2.42. The molecule has 0 amide bonds. The van der Waals surface area contributed by atoms with Crippen LogP contribution in [-0.2, 0) is 0 Å². The van der Waals surface area contributed by atoms with Gasteiger partial charge in [-0.15, -0.1) is 0 Å². The van der Waals surface area contributed by atoms with Gasteiger partial charge in [-0.1, -0.05) is 30.3 Å². The molecule has 4 aromatic rings.